The van der Waals surface area contributed by atoms with Crippen molar-refractivity contribution in [1.82, 2.24) is 0 Å². The van der Waals surface area contributed by atoms with E-state index in [-0.39, 0.29) is 0 Å². The van der Waals surface area contributed by atoms with Gasteiger partial charge in [-0.2, -0.15) is 0 Å². The summed E-state index contributed by atoms with van der Waals surface area (Å²) >= 11 is 0. The first-order valence-electron chi connectivity index (χ1n) is 32.3. The summed E-state index contributed by atoms with van der Waals surface area (Å²) in [6.07, 6.45) is 8.09. The fourth-order valence-electron chi connectivity index (χ4n) is 23.3. The van der Waals surface area contributed by atoms with E-state index in [1.165, 1.54) is 168 Å². The lowest BCUT2D eigenvalue weighted by Gasteiger charge is -2.59. The van der Waals surface area contributed by atoms with E-state index in [2.05, 4.69) is 218 Å². The van der Waals surface area contributed by atoms with Gasteiger partial charge in [0.25, 0.3) is 0 Å². The van der Waals surface area contributed by atoms with E-state index in [9.17, 15) is 0 Å². The summed E-state index contributed by atoms with van der Waals surface area (Å²) < 4.78 is 0. The molecule has 0 aliphatic heterocycles. The highest BCUT2D eigenvalue weighted by molar-refractivity contribution is 6.27. The molecule has 6 fully saturated rings. The molecule has 0 heterocycles. The van der Waals surface area contributed by atoms with Gasteiger partial charge >= 0.3 is 0 Å². The molecule has 16 aromatic carbocycles. The van der Waals surface area contributed by atoms with Crippen LogP contribution in [0.1, 0.15) is 84.5 Å². The number of benzene rings is 16. The van der Waals surface area contributed by atoms with E-state index >= 15 is 0 Å². The van der Waals surface area contributed by atoms with E-state index in [4.69, 9.17) is 0 Å². The molecule has 0 heteroatoms. The Bertz CT molecular complexity index is 5070. The van der Waals surface area contributed by atoms with E-state index in [1.54, 1.807) is 22.3 Å². The Labute approximate surface area is 488 Å². The molecule has 22 rings (SSSR count). The molecule has 0 radical (unpaired) electrons. The number of hydrogen-bond donors (Lipinski definition) is 0. The minimum absolute atomic E-state index is 0.415. The van der Waals surface area contributed by atoms with Crippen molar-refractivity contribution in [3.05, 3.63) is 241 Å². The lowest BCUT2D eigenvalue weighted by Crippen LogP contribution is -2.51. The minimum atomic E-state index is 0.415. The highest BCUT2D eigenvalue weighted by Crippen LogP contribution is 2.79. The molecular weight excluding hydrogens is 1010 g/mol. The zero-order valence-electron chi connectivity index (χ0n) is 47.1. The second-order valence-corrected chi connectivity index (χ2v) is 28.2. The summed E-state index contributed by atoms with van der Waals surface area (Å²) in [5.74, 6) is 8.61. The molecule has 0 spiro atoms. The molecule has 0 bridgehead atoms. The van der Waals surface area contributed by atoms with Crippen molar-refractivity contribution < 1.29 is 0 Å². The van der Waals surface area contributed by atoms with Crippen molar-refractivity contribution in [3.63, 3.8) is 0 Å². The monoisotopic (exact) mass is 1070 g/mol. The van der Waals surface area contributed by atoms with Gasteiger partial charge in [0.1, 0.15) is 0 Å². The van der Waals surface area contributed by atoms with Gasteiger partial charge in [0.2, 0.25) is 0 Å². The molecule has 0 saturated heterocycles. The lowest BCUT2D eigenvalue weighted by molar-refractivity contribution is -0.0490. The summed E-state index contributed by atoms with van der Waals surface area (Å²) in [7, 11) is 0. The van der Waals surface area contributed by atoms with Gasteiger partial charge in [-0.05, 0) is 273 Å². The third-order valence-electron chi connectivity index (χ3n) is 25.6. The van der Waals surface area contributed by atoms with Crippen molar-refractivity contribution in [3.8, 4) is 0 Å². The van der Waals surface area contributed by atoms with Crippen LogP contribution < -0.4 is 0 Å². The van der Waals surface area contributed by atoms with Gasteiger partial charge in [-0.15, -0.1) is 0 Å². The molecule has 0 aromatic heterocycles. The maximum Gasteiger partial charge on any atom is -0.00239 e. The van der Waals surface area contributed by atoms with Crippen LogP contribution >= 0.6 is 0 Å². The van der Waals surface area contributed by atoms with Crippen LogP contribution in [0.2, 0.25) is 0 Å². The summed E-state index contributed by atoms with van der Waals surface area (Å²) in [5.41, 5.74) is 6.61. The molecule has 6 saturated carbocycles. The van der Waals surface area contributed by atoms with Crippen LogP contribution in [-0.4, -0.2) is 0 Å². The Balaban J connectivity index is 0.815. The van der Waals surface area contributed by atoms with Crippen LogP contribution in [-0.2, 0) is 0 Å². The van der Waals surface area contributed by atoms with Crippen LogP contribution in [0.5, 0.6) is 0 Å². The minimum Gasteiger partial charge on any atom is -0.0610 e. The number of rotatable bonds is 4. The highest BCUT2D eigenvalue weighted by Gasteiger charge is 2.72. The molecule has 0 amide bonds. The average Bonchev–Trinajstić information content (AvgIpc) is 1.98. The Hall–Kier alpha value is -8.32. The van der Waals surface area contributed by atoms with Crippen molar-refractivity contribution >= 4 is 129 Å². The Morgan fingerprint density at radius 3 is 0.643 bits per heavy atom. The van der Waals surface area contributed by atoms with Crippen LogP contribution in [0, 0.1) is 59.2 Å². The van der Waals surface area contributed by atoms with Crippen molar-refractivity contribution in [2.24, 2.45) is 59.2 Å². The Kier molecular flexibility index (Phi) is 8.55. The molecule has 0 nitrogen and oxygen atoms in total. The first-order valence-corrected chi connectivity index (χ1v) is 32.3. The van der Waals surface area contributed by atoms with Gasteiger partial charge in [0.15, 0.2) is 0 Å². The normalized spacial score (nSPS) is 29.1. The maximum atomic E-state index is 2.69. The lowest BCUT2D eigenvalue weighted by atomic mass is 9.44. The topological polar surface area (TPSA) is 0 Å². The first kappa shape index (κ1) is 45.2. The average molecular weight is 1070 g/mol. The van der Waals surface area contributed by atoms with Crippen LogP contribution in [0.25, 0.3) is 129 Å². The summed E-state index contributed by atoms with van der Waals surface area (Å²) in [4.78, 5) is 0. The second kappa shape index (κ2) is 15.9. The third kappa shape index (κ3) is 5.47. The van der Waals surface area contributed by atoms with E-state index in [0.717, 1.165) is 23.7 Å². The number of hydrogen-bond acceptors (Lipinski definition) is 0. The highest BCUT2D eigenvalue weighted by atomic mass is 14.8. The SMILES string of the molecule is c1cc2ccc3ccc(C4C5CCC6CCC7C(c8ccc9ccc%10cccc%11ccc8c9c%10%11)C(c8ccc9ccc%10cccc%11ccc8c9c%10%11)C8CCC(C4c4ccc9ccc%10cccc%11ccc4c9c%10%11)C4C5C6C7C84)c4ccc(c1)c2c34. The van der Waals surface area contributed by atoms with Gasteiger partial charge in [-0.25, -0.2) is 0 Å². The first-order chi connectivity index (χ1) is 41.7. The van der Waals surface area contributed by atoms with Crippen LogP contribution in [0.3, 0.4) is 0 Å². The maximum absolute atomic E-state index is 2.69. The summed E-state index contributed by atoms with van der Waals surface area (Å²) in [6, 6.07) is 88.5. The van der Waals surface area contributed by atoms with E-state index in [1.807, 2.05) is 0 Å². The molecule has 6 aliphatic rings. The molecular formula is C84H62. The van der Waals surface area contributed by atoms with Crippen LogP contribution in [0.4, 0.5) is 0 Å². The molecule has 16 aromatic rings. The van der Waals surface area contributed by atoms with E-state index in [0.29, 0.717) is 59.2 Å². The zero-order chi connectivity index (χ0) is 53.9. The predicted molar refractivity (Wildman–Crippen MR) is 354 cm³/mol. The van der Waals surface area contributed by atoms with Crippen molar-refractivity contribution in [2.75, 3.05) is 0 Å². The molecule has 6 aliphatic carbocycles. The standard InChI is InChI=1S/C84H62/c1-5-43-13-17-51-25-35-60(56-31-21-47(9-1)68(43)72(51)56)77-64-39-29-55-30-40-65-78(61-36-26-52-18-14-44-6-2-10-48-22-32-57(61)73(52)69(44)48)80(63-38-28-54-20-16-46-8-4-12-50-24-34-59(63)75(54)71(46)50)67-42-41-66(83-81(64)76(55)82(65)84(67)83)79(77)62-37-27-53-19-15-45-7-3-11-49-23-33-58(62)74(53)70(45)49/h1-28,31-38,55,64-67,76-84H,29-30,39-42H2. The Morgan fingerprint density at radius 1 is 0.179 bits per heavy atom. The Morgan fingerprint density at radius 2 is 0.381 bits per heavy atom. The molecule has 398 valence electrons. The molecule has 12 unspecified atom stereocenters. The zero-order valence-corrected chi connectivity index (χ0v) is 47.1. The molecule has 12 atom stereocenters. The van der Waals surface area contributed by atoms with Gasteiger partial charge in [-0.1, -0.05) is 218 Å². The largest absolute Gasteiger partial charge is 0.0610 e. The van der Waals surface area contributed by atoms with Crippen molar-refractivity contribution in [1.29, 1.82) is 0 Å². The van der Waals surface area contributed by atoms with E-state index < -0.39 is 0 Å². The van der Waals surface area contributed by atoms with Gasteiger partial charge in [0.05, 0.1) is 0 Å². The third-order valence-corrected chi connectivity index (χ3v) is 25.6. The van der Waals surface area contributed by atoms with Gasteiger partial charge in [-0.3, -0.25) is 0 Å². The van der Waals surface area contributed by atoms with Crippen LogP contribution in [0.15, 0.2) is 218 Å². The molecule has 0 N–H and O–H groups in total. The second-order valence-electron chi connectivity index (χ2n) is 28.2. The molecule has 84 heavy (non-hydrogen) atoms. The van der Waals surface area contributed by atoms with Gasteiger partial charge < -0.3 is 0 Å². The quantitative estimate of drug-likeness (QED) is 0.154. The van der Waals surface area contributed by atoms with Gasteiger partial charge in [0, 0.05) is 0 Å². The smallest absolute Gasteiger partial charge is 0.00239 e. The summed E-state index contributed by atoms with van der Waals surface area (Å²) in [5, 5.41) is 34.5. The fourth-order valence-corrected chi connectivity index (χ4v) is 23.3. The van der Waals surface area contributed by atoms with Crippen molar-refractivity contribution in [2.45, 2.75) is 62.2 Å². The predicted octanol–water partition coefficient (Wildman–Crippen LogP) is 22.3. The summed E-state index contributed by atoms with van der Waals surface area (Å²) in [6.45, 7) is 0. The fraction of sp³-hybridized carbons (Fsp3) is 0.238.